The van der Waals surface area contributed by atoms with Crippen molar-refractivity contribution in [3.8, 4) is 0 Å². The molecule has 3 atom stereocenters. The Morgan fingerprint density at radius 1 is 0.690 bits per heavy atom. The van der Waals surface area contributed by atoms with Gasteiger partial charge in [0.1, 0.15) is 0 Å². The third-order valence-corrected chi connectivity index (χ3v) is 5.08. The highest BCUT2D eigenvalue weighted by molar-refractivity contribution is 7.80. The molecule has 0 aliphatic carbocycles. The molecule has 176 valence electrons. The second-order valence-corrected chi connectivity index (χ2v) is 8.93. The van der Waals surface area contributed by atoms with E-state index in [0.717, 1.165) is 13.0 Å². The number of ether oxygens (including phenoxy) is 3. The molecule has 0 radical (unpaired) electrons. The van der Waals surface area contributed by atoms with Crippen molar-refractivity contribution < 1.29 is 31.4 Å². The fourth-order valence-corrected chi connectivity index (χ4v) is 3.34. The maximum Gasteiger partial charge on any atom is 0.397 e. The minimum atomic E-state index is -4.45. The molecule has 0 bridgehead atoms. The zero-order valence-corrected chi connectivity index (χ0v) is 19.8. The van der Waals surface area contributed by atoms with Crippen LogP contribution in [0.25, 0.3) is 0 Å². The van der Waals surface area contributed by atoms with Gasteiger partial charge < -0.3 is 14.2 Å². The van der Waals surface area contributed by atoms with Gasteiger partial charge in [-0.3, -0.25) is 4.55 Å². The summed E-state index contributed by atoms with van der Waals surface area (Å²) in [5.41, 5.74) is 0. The fraction of sp³-hybridized carbons (Fsp3) is 1.00. The van der Waals surface area contributed by atoms with E-state index in [4.69, 9.17) is 18.8 Å². The zero-order chi connectivity index (χ0) is 22.0. The molecule has 29 heavy (non-hydrogen) atoms. The van der Waals surface area contributed by atoms with Crippen molar-refractivity contribution in [1.82, 2.24) is 0 Å². The second-order valence-electron chi connectivity index (χ2n) is 7.88. The summed E-state index contributed by atoms with van der Waals surface area (Å²) in [4.78, 5) is 0. The molecule has 0 aliphatic rings. The van der Waals surface area contributed by atoms with Crippen LogP contribution in [0.4, 0.5) is 0 Å². The van der Waals surface area contributed by atoms with Crippen LogP contribution in [0.3, 0.4) is 0 Å². The maximum atomic E-state index is 10.6. The molecular weight excluding hydrogens is 396 g/mol. The highest BCUT2D eigenvalue weighted by Gasteiger charge is 2.14. The lowest BCUT2D eigenvalue weighted by Gasteiger charge is -2.19. The number of unbranched alkanes of at least 4 members (excludes halogenated alkanes) is 9. The van der Waals surface area contributed by atoms with E-state index >= 15 is 0 Å². The quantitative estimate of drug-likeness (QED) is 0.200. The van der Waals surface area contributed by atoms with E-state index in [0.29, 0.717) is 13.2 Å². The molecule has 0 rings (SSSR count). The average Bonchev–Trinajstić information content (AvgIpc) is 2.64. The van der Waals surface area contributed by atoms with Crippen LogP contribution < -0.4 is 0 Å². The molecule has 0 spiro atoms. The van der Waals surface area contributed by atoms with E-state index in [2.05, 4.69) is 11.1 Å². The molecule has 0 aromatic heterocycles. The van der Waals surface area contributed by atoms with Gasteiger partial charge in [-0.25, -0.2) is 4.18 Å². The molecule has 0 heterocycles. The Balaban J connectivity index is 3.46. The van der Waals surface area contributed by atoms with Gasteiger partial charge in [0.05, 0.1) is 38.1 Å². The SMILES string of the molecule is CCCCCCCCCCCCOCC(C)OCC(C)OCC(C)OS(=O)(=O)O. The summed E-state index contributed by atoms with van der Waals surface area (Å²) in [6.07, 6.45) is 12.1. The number of hydrogen-bond donors (Lipinski definition) is 1. The summed E-state index contributed by atoms with van der Waals surface area (Å²) in [7, 11) is -4.45. The number of rotatable bonds is 21. The molecule has 0 amide bonds. The van der Waals surface area contributed by atoms with Gasteiger partial charge in [-0.15, -0.1) is 0 Å². The Morgan fingerprint density at radius 2 is 1.14 bits per heavy atom. The fourth-order valence-electron chi connectivity index (χ4n) is 2.87. The van der Waals surface area contributed by atoms with Gasteiger partial charge in [0.25, 0.3) is 0 Å². The van der Waals surface area contributed by atoms with Gasteiger partial charge in [-0.2, -0.15) is 8.42 Å². The molecule has 0 aromatic rings. The molecule has 0 aliphatic heterocycles. The van der Waals surface area contributed by atoms with Crippen LogP contribution in [0.15, 0.2) is 0 Å². The van der Waals surface area contributed by atoms with Gasteiger partial charge in [-0.1, -0.05) is 64.7 Å². The van der Waals surface area contributed by atoms with Crippen molar-refractivity contribution in [2.45, 2.75) is 110 Å². The first-order valence-corrected chi connectivity index (χ1v) is 12.6. The predicted molar refractivity (Wildman–Crippen MR) is 116 cm³/mol. The lowest BCUT2D eigenvalue weighted by atomic mass is 10.1. The highest BCUT2D eigenvalue weighted by atomic mass is 32.3. The van der Waals surface area contributed by atoms with E-state index in [1.54, 1.807) is 0 Å². The summed E-state index contributed by atoms with van der Waals surface area (Å²) in [6.45, 7) is 9.28. The standard InChI is InChI=1S/C21H44O7S/c1-5-6-7-8-9-10-11-12-13-14-15-25-16-19(2)26-17-20(3)27-18-21(4)28-29(22,23)24/h19-21H,5-18H2,1-4H3,(H,22,23,24). The Kier molecular flexibility index (Phi) is 18.4. The van der Waals surface area contributed by atoms with Crippen LogP contribution in [0.2, 0.25) is 0 Å². The lowest BCUT2D eigenvalue weighted by molar-refractivity contribution is -0.0679. The Labute approximate surface area is 178 Å². The second kappa shape index (κ2) is 18.5. The van der Waals surface area contributed by atoms with Crippen molar-refractivity contribution >= 4 is 10.4 Å². The van der Waals surface area contributed by atoms with Gasteiger partial charge in [0, 0.05) is 6.61 Å². The van der Waals surface area contributed by atoms with Crippen LogP contribution in [0.5, 0.6) is 0 Å². The molecule has 0 aromatic carbocycles. The van der Waals surface area contributed by atoms with E-state index in [1.807, 2.05) is 13.8 Å². The van der Waals surface area contributed by atoms with Crippen molar-refractivity contribution in [3.05, 3.63) is 0 Å². The van der Waals surface area contributed by atoms with Crippen LogP contribution in [-0.2, 0) is 28.8 Å². The van der Waals surface area contributed by atoms with Crippen molar-refractivity contribution in [3.63, 3.8) is 0 Å². The minimum Gasteiger partial charge on any atom is -0.379 e. The normalized spacial score (nSPS) is 15.3. The van der Waals surface area contributed by atoms with Crippen LogP contribution in [0.1, 0.15) is 91.9 Å². The van der Waals surface area contributed by atoms with Gasteiger partial charge in [0.2, 0.25) is 0 Å². The largest absolute Gasteiger partial charge is 0.397 e. The van der Waals surface area contributed by atoms with Gasteiger partial charge in [0.15, 0.2) is 0 Å². The molecule has 0 saturated heterocycles. The van der Waals surface area contributed by atoms with Crippen molar-refractivity contribution in [2.24, 2.45) is 0 Å². The summed E-state index contributed by atoms with van der Waals surface area (Å²) in [5, 5.41) is 0. The highest BCUT2D eigenvalue weighted by Crippen LogP contribution is 2.10. The molecule has 3 unspecified atom stereocenters. The third-order valence-electron chi connectivity index (χ3n) is 4.51. The first-order chi connectivity index (χ1) is 13.7. The monoisotopic (exact) mass is 440 g/mol. The molecule has 8 heteroatoms. The average molecular weight is 441 g/mol. The van der Waals surface area contributed by atoms with E-state index in [1.165, 1.54) is 64.7 Å². The van der Waals surface area contributed by atoms with Crippen molar-refractivity contribution in [2.75, 3.05) is 26.4 Å². The summed E-state index contributed by atoms with van der Waals surface area (Å²) in [6, 6.07) is 0. The maximum absolute atomic E-state index is 10.6. The smallest absolute Gasteiger partial charge is 0.379 e. The Morgan fingerprint density at radius 3 is 1.66 bits per heavy atom. The summed E-state index contributed by atoms with van der Waals surface area (Å²) in [5.74, 6) is 0. The predicted octanol–water partition coefficient (Wildman–Crippen LogP) is 4.94. The first kappa shape index (κ1) is 28.8. The Bertz CT molecular complexity index is 456. The molecule has 1 N–H and O–H groups in total. The van der Waals surface area contributed by atoms with E-state index < -0.39 is 16.5 Å². The molecule has 7 nitrogen and oxygen atoms in total. The Hall–Kier alpha value is -0.250. The number of hydrogen-bond acceptors (Lipinski definition) is 6. The van der Waals surface area contributed by atoms with Gasteiger partial charge in [-0.05, 0) is 27.2 Å². The molecule has 0 fully saturated rings. The third kappa shape index (κ3) is 22.3. The van der Waals surface area contributed by atoms with Crippen LogP contribution in [-0.4, -0.2) is 57.7 Å². The van der Waals surface area contributed by atoms with Gasteiger partial charge >= 0.3 is 10.4 Å². The summed E-state index contributed by atoms with van der Waals surface area (Å²) >= 11 is 0. The zero-order valence-electron chi connectivity index (χ0n) is 18.9. The van der Waals surface area contributed by atoms with E-state index in [-0.39, 0.29) is 18.8 Å². The molecular formula is C21H44O7S. The van der Waals surface area contributed by atoms with Crippen LogP contribution in [0, 0.1) is 0 Å². The summed E-state index contributed by atoms with van der Waals surface area (Å²) < 4.78 is 51.0. The van der Waals surface area contributed by atoms with Crippen LogP contribution >= 0.6 is 0 Å². The minimum absolute atomic E-state index is 0.0318. The first-order valence-electron chi connectivity index (χ1n) is 11.2. The van der Waals surface area contributed by atoms with Crippen molar-refractivity contribution in [1.29, 1.82) is 0 Å². The molecule has 0 saturated carbocycles. The lowest BCUT2D eigenvalue weighted by Crippen LogP contribution is -2.27. The van der Waals surface area contributed by atoms with E-state index in [9.17, 15) is 8.42 Å². The topological polar surface area (TPSA) is 91.3 Å².